The van der Waals surface area contributed by atoms with Gasteiger partial charge >= 0.3 is 5.97 Å². The van der Waals surface area contributed by atoms with E-state index in [9.17, 15) is 18.0 Å². The van der Waals surface area contributed by atoms with Crippen LogP contribution in [0.25, 0.3) is 0 Å². The lowest BCUT2D eigenvalue weighted by Gasteiger charge is -2.28. The molecule has 27 heavy (non-hydrogen) atoms. The molecule has 1 aromatic heterocycles. The highest BCUT2D eigenvalue weighted by molar-refractivity contribution is 7.91. The second-order valence-electron chi connectivity index (χ2n) is 7.50. The number of hydrogen-bond donors (Lipinski definition) is 0. The van der Waals surface area contributed by atoms with E-state index in [0.717, 1.165) is 16.2 Å². The van der Waals surface area contributed by atoms with Gasteiger partial charge in [-0.25, -0.2) is 13.2 Å². The summed E-state index contributed by atoms with van der Waals surface area (Å²) in [6, 6.07) is 0. The van der Waals surface area contributed by atoms with Crippen LogP contribution >= 0.6 is 11.3 Å². The van der Waals surface area contributed by atoms with E-state index in [2.05, 4.69) is 0 Å². The van der Waals surface area contributed by atoms with Crippen molar-refractivity contribution in [2.45, 2.75) is 44.9 Å². The summed E-state index contributed by atoms with van der Waals surface area (Å²) in [6.07, 6.45) is 0.443. The van der Waals surface area contributed by atoms with E-state index in [1.807, 2.05) is 27.7 Å². The third-order valence-electron chi connectivity index (χ3n) is 4.49. The van der Waals surface area contributed by atoms with Crippen LogP contribution < -0.4 is 0 Å². The Bertz CT molecular complexity index is 827. The molecule has 0 fully saturated rings. The molecule has 0 bridgehead atoms. The number of carbonyl (C=O) groups excluding carboxylic acids is 2. The molecule has 1 aliphatic heterocycles. The van der Waals surface area contributed by atoms with Gasteiger partial charge in [-0.1, -0.05) is 27.7 Å². The zero-order chi connectivity index (χ0) is 20.5. The van der Waals surface area contributed by atoms with Crippen molar-refractivity contribution in [2.24, 2.45) is 11.8 Å². The number of methoxy groups -OCH3 is 1. The maximum atomic E-state index is 13.1. The number of sulfonamides is 1. The Kier molecular flexibility index (Phi) is 6.70. The van der Waals surface area contributed by atoms with Gasteiger partial charge in [-0.15, -0.1) is 11.3 Å². The van der Waals surface area contributed by atoms with Gasteiger partial charge in [-0.05, 0) is 17.9 Å². The van der Waals surface area contributed by atoms with Gasteiger partial charge in [-0.2, -0.15) is 4.31 Å². The van der Waals surface area contributed by atoms with Gasteiger partial charge in [0.2, 0.25) is 5.91 Å². The molecule has 0 saturated carbocycles. The largest absolute Gasteiger partial charge is 0.465 e. The standard InChI is InChI=1S/C18H28N2O5S2/c1-11(2)9-19(5)27(23,24)18-15(17(22)25-6)13-7-8-20(10-14(13)26-18)16(21)12(3)4/h11-12H,7-10H2,1-6H3. The summed E-state index contributed by atoms with van der Waals surface area (Å²) in [4.78, 5) is 27.2. The van der Waals surface area contributed by atoms with Crippen molar-refractivity contribution >= 4 is 33.2 Å². The molecule has 0 aromatic carbocycles. The molecule has 0 aliphatic carbocycles. The minimum atomic E-state index is -3.82. The molecule has 0 radical (unpaired) electrons. The number of amides is 1. The number of thiophene rings is 1. The minimum absolute atomic E-state index is 0.0151. The summed E-state index contributed by atoms with van der Waals surface area (Å²) in [6.45, 7) is 8.68. The Morgan fingerprint density at radius 3 is 2.41 bits per heavy atom. The van der Waals surface area contributed by atoms with Crippen LogP contribution in [0.1, 0.15) is 48.5 Å². The first-order chi connectivity index (χ1) is 12.5. The fraction of sp³-hybridized carbons (Fsp3) is 0.667. The molecule has 152 valence electrons. The first-order valence-electron chi connectivity index (χ1n) is 8.98. The number of carbonyl (C=O) groups is 2. The van der Waals surface area contributed by atoms with Gasteiger partial charge in [0.05, 0.1) is 19.2 Å². The predicted molar refractivity (Wildman–Crippen MR) is 104 cm³/mol. The fourth-order valence-corrected chi connectivity index (χ4v) is 6.60. The van der Waals surface area contributed by atoms with E-state index in [-0.39, 0.29) is 27.5 Å². The van der Waals surface area contributed by atoms with Crippen LogP contribution in [0.5, 0.6) is 0 Å². The zero-order valence-electron chi connectivity index (χ0n) is 16.7. The van der Waals surface area contributed by atoms with Crippen molar-refractivity contribution < 1.29 is 22.7 Å². The monoisotopic (exact) mass is 416 g/mol. The van der Waals surface area contributed by atoms with Gasteiger partial charge in [0.15, 0.2) is 0 Å². The molecular formula is C18H28N2O5S2. The number of ether oxygens (including phenoxy) is 1. The fourth-order valence-electron chi connectivity index (χ4n) is 3.18. The number of nitrogens with zero attached hydrogens (tertiary/aromatic N) is 2. The first-order valence-corrected chi connectivity index (χ1v) is 11.2. The summed E-state index contributed by atoms with van der Waals surface area (Å²) in [5.74, 6) is -0.602. The van der Waals surface area contributed by atoms with Gasteiger partial charge in [0.25, 0.3) is 10.0 Å². The molecule has 0 unspecified atom stereocenters. The lowest BCUT2D eigenvalue weighted by molar-refractivity contribution is -0.135. The average molecular weight is 417 g/mol. The number of fused-ring (bicyclic) bond motifs is 1. The number of rotatable bonds is 6. The quantitative estimate of drug-likeness (QED) is 0.665. The van der Waals surface area contributed by atoms with Gasteiger partial charge in [0, 0.05) is 30.9 Å². The Labute approximate surface area is 165 Å². The predicted octanol–water partition coefficient (Wildman–Crippen LogP) is 2.35. The Morgan fingerprint density at radius 1 is 1.26 bits per heavy atom. The molecule has 0 atom stereocenters. The van der Waals surface area contributed by atoms with E-state index in [1.165, 1.54) is 18.5 Å². The zero-order valence-corrected chi connectivity index (χ0v) is 18.4. The molecule has 2 rings (SSSR count). The number of esters is 1. The molecule has 0 N–H and O–H groups in total. The summed E-state index contributed by atoms with van der Waals surface area (Å²) >= 11 is 1.08. The Hall–Kier alpha value is -1.45. The van der Waals surface area contributed by atoms with E-state index < -0.39 is 16.0 Å². The molecule has 0 spiro atoms. The van der Waals surface area contributed by atoms with Crippen molar-refractivity contribution in [2.75, 3.05) is 27.2 Å². The van der Waals surface area contributed by atoms with E-state index in [0.29, 0.717) is 31.6 Å². The summed E-state index contributed by atoms with van der Waals surface area (Å²) in [7, 11) is -1.05. The molecule has 1 aromatic rings. The van der Waals surface area contributed by atoms with Crippen molar-refractivity contribution in [3.63, 3.8) is 0 Å². The van der Waals surface area contributed by atoms with Gasteiger partial charge in [0.1, 0.15) is 4.21 Å². The maximum Gasteiger partial charge on any atom is 0.340 e. The molecule has 0 saturated heterocycles. The summed E-state index contributed by atoms with van der Waals surface area (Å²) in [5.41, 5.74) is 0.820. The molecule has 7 nitrogen and oxygen atoms in total. The van der Waals surface area contributed by atoms with Gasteiger partial charge in [-0.3, -0.25) is 4.79 Å². The van der Waals surface area contributed by atoms with Crippen molar-refractivity contribution in [3.05, 3.63) is 16.0 Å². The third-order valence-corrected chi connectivity index (χ3v) is 8.02. The van der Waals surface area contributed by atoms with E-state index >= 15 is 0 Å². The lowest BCUT2D eigenvalue weighted by atomic mass is 10.0. The molecule has 9 heteroatoms. The molecular weight excluding hydrogens is 388 g/mol. The van der Waals surface area contributed by atoms with Crippen molar-refractivity contribution in [3.8, 4) is 0 Å². The molecule has 1 amide bonds. The first kappa shape index (κ1) is 21.8. The van der Waals surface area contributed by atoms with Crippen LogP contribution in [-0.4, -0.2) is 56.7 Å². The second kappa shape index (κ2) is 8.28. The highest BCUT2D eigenvalue weighted by Gasteiger charge is 2.36. The highest BCUT2D eigenvalue weighted by Crippen LogP contribution is 2.38. The highest BCUT2D eigenvalue weighted by atomic mass is 32.2. The Balaban J connectivity index is 2.51. The van der Waals surface area contributed by atoms with E-state index in [1.54, 1.807) is 4.90 Å². The number of hydrogen-bond acceptors (Lipinski definition) is 6. The van der Waals surface area contributed by atoms with Gasteiger partial charge < -0.3 is 9.64 Å². The summed E-state index contributed by atoms with van der Waals surface area (Å²) in [5, 5.41) is 0. The second-order valence-corrected chi connectivity index (χ2v) is 10.8. The van der Waals surface area contributed by atoms with Crippen LogP contribution in [0.3, 0.4) is 0 Å². The van der Waals surface area contributed by atoms with Crippen LogP contribution in [0.15, 0.2) is 4.21 Å². The average Bonchev–Trinajstić information content (AvgIpc) is 2.98. The molecule has 1 aliphatic rings. The van der Waals surface area contributed by atoms with Crippen LogP contribution in [0.2, 0.25) is 0 Å². The third kappa shape index (κ3) is 4.35. The Morgan fingerprint density at radius 2 is 1.89 bits per heavy atom. The maximum absolute atomic E-state index is 13.1. The smallest absolute Gasteiger partial charge is 0.340 e. The van der Waals surface area contributed by atoms with Crippen LogP contribution in [-0.2, 0) is 32.5 Å². The normalized spacial score (nSPS) is 14.8. The topological polar surface area (TPSA) is 84.0 Å². The molecule has 2 heterocycles. The minimum Gasteiger partial charge on any atom is -0.465 e. The van der Waals surface area contributed by atoms with Crippen molar-refractivity contribution in [1.29, 1.82) is 0 Å². The van der Waals surface area contributed by atoms with Crippen LogP contribution in [0, 0.1) is 11.8 Å². The van der Waals surface area contributed by atoms with Crippen molar-refractivity contribution in [1.82, 2.24) is 9.21 Å². The van der Waals surface area contributed by atoms with E-state index in [4.69, 9.17) is 4.74 Å². The van der Waals surface area contributed by atoms with Crippen LogP contribution in [0.4, 0.5) is 0 Å². The summed E-state index contributed by atoms with van der Waals surface area (Å²) < 4.78 is 32.4. The lowest BCUT2D eigenvalue weighted by Crippen LogP contribution is -2.38. The SMILES string of the molecule is COC(=O)c1c(S(=O)(=O)N(C)CC(C)C)sc2c1CCN(C(=O)C(C)C)C2.